The summed E-state index contributed by atoms with van der Waals surface area (Å²) in [5.74, 6) is -0.458. The lowest BCUT2D eigenvalue weighted by molar-refractivity contribution is -0.131. The first-order chi connectivity index (χ1) is 11.4. The summed E-state index contributed by atoms with van der Waals surface area (Å²) >= 11 is 12.1. The molecule has 0 spiro atoms. The van der Waals surface area contributed by atoms with E-state index in [2.05, 4.69) is 11.6 Å². The summed E-state index contributed by atoms with van der Waals surface area (Å²) in [6, 6.07) is 8.51. The van der Waals surface area contributed by atoms with Crippen LogP contribution in [0.3, 0.4) is 0 Å². The van der Waals surface area contributed by atoms with Gasteiger partial charge in [-0.25, -0.2) is 4.39 Å². The number of Topliss-reactive ketones (excluding diaryl/α,β-unsaturated/α-hetero) is 1. The number of nitrogens with zero attached hydrogens (tertiary/aromatic N) is 1. The van der Waals surface area contributed by atoms with Gasteiger partial charge >= 0.3 is 0 Å². The quantitative estimate of drug-likeness (QED) is 0.711. The van der Waals surface area contributed by atoms with E-state index in [1.54, 1.807) is 36.5 Å². The van der Waals surface area contributed by atoms with Gasteiger partial charge in [-0.2, -0.15) is 0 Å². The summed E-state index contributed by atoms with van der Waals surface area (Å²) in [5.41, 5.74) is 0.316. The Morgan fingerprint density at radius 2 is 2.08 bits per heavy atom. The number of allylic oxidation sites excluding steroid dienone is 1. The van der Waals surface area contributed by atoms with Crippen molar-refractivity contribution in [3.05, 3.63) is 70.0 Å². The van der Waals surface area contributed by atoms with Gasteiger partial charge in [0.05, 0.1) is 15.7 Å². The molecule has 0 fully saturated rings. The van der Waals surface area contributed by atoms with Crippen molar-refractivity contribution in [2.45, 2.75) is 31.4 Å². The predicted molar refractivity (Wildman–Crippen MR) is 95.1 cm³/mol. The zero-order valence-electron chi connectivity index (χ0n) is 13.0. The molecule has 0 aliphatic heterocycles. The molecule has 1 heterocycles. The van der Waals surface area contributed by atoms with Crippen molar-refractivity contribution in [2.24, 2.45) is 0 Å². The maximum Gasteiger partial charge on any atom is 0.196 e. The maximum absolute atomic E-state index is 15.5. The molecule has 2 nitrogen and oxygen atoms in total. The first kappa shape index (κ1) is 17.1. The Kier molecular flexibility index (Phi) is 4.75. The van der Waals surface area contributed by atoms with Crippen LogP contribution in [0.25, 0.3) is 5.57 Å². The van der Waals surface area contributed by atoms with Crippen LogP contribution in [0.4, 0.5) is 4.39 Å². The number of hydrogen-bond donors (Lipinski definition) is 0. The third kappa shape index (κ3) is 2.99. The lowest BCUT2D eigenvalue weighted by Crippen LogP contribution is -2.35. The number of alkyl halides is 1. The van der Waals surface area contributed by atoms with Gasteiger partial charge in [-0.3, -0.25) is 9.78 Å². The van der Waals surface area contributed by atoms with Crippen molar-refractivity contribution in [1.29, 1.82) is 0 Å². The van der Waals surface area contributed by atoms with Crippen molar-refractivity contribution in [1.82, 2.24) is 4.98 Å². The van der Waals surface area contributed by atoms with Gasteiger partial charge in [0.15, 0.2) is 11.5 Å². The summed E-state index contributed by atoms with van der Waals surface area (Å²) in [7, 11) is 0. The summed E-state index contributed by atoms with van der Waals surface area (Å²) < 4.78 is 15.5. The number of fused-ring (bicyclic) bond motifs is 1. The minimum Gasteiger partial charge on any atom is -0.296 e. The van der Waals surface area contributed by atoms with E-state index in [-0.39, 0.29) is 12.8 Å². The van der Waals surface area contributed by atoms with Crippen LogP contribution in [-0.2, 0) is 16.9 Å². The number of ketones is 1. The van der Waals surface area contributed by atoms with Crippen molar-refractivity contribution in [3.63, 3.8) is 0 Å². The average Bonchev–Trinajstić information content (AvgIpc) is 2.59. The van der Waals surface area contributed by atoms with Gasteiger partial charge in [-0.05, 0) is 42.5 Å². The Morgan fingerprint density at radius 1 is 1.29 bits per heavy atom. The van der Waals surface area contributed by atoms with Crippen LogP contribution in [0, 0.1) is 0 Å². The van der Waals surface area contributed by atoms with Gasteiger partial charge in [0.2, 0.25) is 0 Å². The Balaban J connectivity index is 1.84. The molecule has 1 aliphatic rings. The topological polar surface area (TPSA) is 30.0 Å². The molecule has 0 radical (unpaired) electrons. The Hall–Kier alpha value is -1.71. The van der Waals surface area contributed by atoms with E-state index >= 15 is 4.39 Å². The molecule has 0 saturated carbocycles. The standard InChI is InChI=1S/C19H16Cl2FNO/c1-12-9-10-19(22,14-5-3-11-23-18(12)14)16(24)8-7-13-4-2-6-15(20)17(13)21/h2-6,11H,1,7-10H2. The predicted octanol–water partition coefficient (Wildman–Crippen LogP) is 5.56. The molecule has 1 aliphatic carbocycles. The van der Waals surface area contributed by atoms with Crippen molar-refractivity contribution in [3.8, 4) is 0 Å². The van der Waals surface area contributed by atoms with Gasteiger partial charge < -0.3 is 0 Å². The monoisotopic (exact) mass is 363 g/mol. The molecule has 0 amide bonds. The van der Waals surface area contributed by atoms with Gasteiger partial charge in [0, 0.05) is 18.2 Å². The van der Waals surface area contributed by atoms with Gasteiger partial charge in [0.25, 0.3) is 0 Å². The molecule has 2 aromatic rings. The zero-order chi connectivity index (χ0) is 17.3. The maximum atomic E-state index is 15.5. The van der Waals surface area contributed by atoms with Gasteiger partial charge in [-0.1, -0.05) is 48.0 Å². The summed E-state index contributed by atoms with van der Waals surface area (Å²) in [5, 5.41) is 0.846. The highest BCUT2D eigenvalue weighted by Gasteiger charge is 2.44. The number of aryl methyl sites for hydroxylation is 1. The van der Waals surface area contributed by atoms with Crippen molar-refractivity contribution < 1.29 is 9.18 Å². The van der Waals surface area contributed by atoms with Crippen LogP contribution in [0.15, 0.2) is 43.1 Å². The number of carbonyl (C=O) groups excluding carboxylic acids is 1. The molecule has 1 unspecified atom stereocenters. The minimum atomic E-state index is -2.02. The molecule has 5 heteroatoms. The fourth-order valence-electron chi connectivity index (χ4n) is 3.06. The molecule has 24 heavy (non-hydrogen) atoms. The highest BCUT2D eigenvalue weighted by Crippen LogP contribution is 2.43. The van der Waals surface area contributed by atoms with E-state index in [4.69, 9.17) is 23.2 Å². The summed E-state index contributed by atoms with van der Waals surface area (Å²) in [6.07, 6.45) is 2.51. The largest absolute Gasteiger partial charge is 0.296 e. The number of aromatic nitrogens is 1. The molecular formula is C19H16Cl2FNO. The van der Waals surface area contributed by atoms with Crippen LogP contribution in [-0.4, -0.2) is 10.8 Å². The second kappa shape index (κ2) is 6.66. The minimum absolute atomic E-state index is 0.0529. The number of pyridine rings is 1. The molecule has 1 atom stereocenters. The first-order valence-electron chi connectivity index (χ1n) is 7.72. The molecule has 0 N–H and O–H groups in total. The highest BCUT2D eigenvalue weighted by molar-refractivity contribution is 6.42. The molecule has 124 valence electrons. The van der Waals surface area contributed by atoms with E-state index in [1.165, 1.54) is 0 Å². The number of hydrogen-bond acceptors (Lipinski definition) is 2. The van der Waals surface area contributed by atoms with E-state index in [0.717, 1.165) is 11.1 Å². The normalized spacial score (nSPS) is 19.9. The third-order valence-electron chi connectivity index (χ3n) is 4.44. The molecular weight excluding hydrogens is 348 g/mol. The zero-order valence-corrected chi connectivity index (χ0v) is 14.5. The first-order valence-corrected chi connectivity index (χ1v) is 8.48. The Bertz CT molecular complexity index is 821. The number of benzene rings is 1. The fraction of sp³-hybridized carbons (Fsp3) is 0.263. The van der Waals surface area contributed by atoms with Gasteiger partial charge in [0.1, 0.15) is 0 Å². The van der Waals surface area contributed by atoms with Crippen molar-refractivity contribution in [2.75, 3.05) is 0 Å². The van der Waals surface area contributed by atoms with E-state index in [9.17, 15) is 4.79 Å². The van der Waals surface area contributed by atoms with Gasteiger partial charge in [-0.15, -0.1) is 0 Å². The number of rotatable bonds is 4. The Morgan fingerprint density at radius 3 is 2.88 bits per heavy atom. The van der Waals surface area contributed by atoms with Crippen molar-refractivity contribution >= 4 is 34.6 Å². The third-order valence-corrected chi connectivity index (χ3v) is 5.29. The Labute approximate surface area is 150 Å². The van der Waals surface area contributed by atoms with E-state index in [0.29, 0.717) is 34.1 Å². The smallest absolute Gasteiger partial charge is 0.196 e. The fourth-order valence-corrected chi connectivity index (χ4v) is 3.48. The van der Waals surface area contributed by atoms with Crippen LogP contribution < -0.4 is 0 Å². The molecule has 1 aromatic heterocycles. The molecule has 0 saturated heterocycles. The lowest BCUT2D eigenvalue weighted by Gasteiger charge is -2.31. The second-order valence-electron chi connectivity index (χ2n) is 5.94. The van der Waals surface area contributed by atoms with Crippen LogP contribution in [0.2, 0.25) is 10.0 Å². The number of carbonyl (C=O) groups is 1. The number of halogens is 3. The summed E-state index contributed by atoms with van der Waals surface area (Å²) in [6.45, 7) is 3.92. The van der Waals surface area contributed by atoms with Crippen LogP contribution in [0.1, 0.15) is 36.1 Å². The molecule has 1 aromatic carbocycles. The van der Waals surface area contributed by atoms with E-state index in [1.807, 2.05) is 0 Å². The molecule has 0 bridgehead atoms. The van der Waals surface area contributed by atoms with Crippen LogP contribution in [0.5, 0.6) is 0 Å². The average molecular weight is 364 g/mol. The van der Waals surface area contributed by atoms with E-state index < -0.39 is 11.5 Å². The summed E-state index contributed by atoms with van der Waals surface area (Å²) in [4.78, 5) is 16.8. The highest BCUT2D eigenvalue weighted by atomic mass is 35.5. The molecule has 3 rings (SSSR count). The lowest BCUT2D eigenvalue weighted by atomic mass is 9.77. The second-order valence-corrected chi connectivity index (χ2v) is 6.73. The SMILES string of the molecule is C=C1CCC(F)(C(=O)CCc2cccc(Cl)c2Cl)c2cccnc21. The van der Waals surface area contributed by atoms with Crippen LogP contribution >= 0.6 is 23.2 Å².